The molecule has 1 heterocycles. The van der Waals surface area contributed by atoms with Crippen LogP contribution in [-0.4, -0.2) is 13.4 Å². The van der Waals surface area contributed by atoms with Gasteiger partial charge in [0.05, 0.1) is 15.3 Å². The van der Waals surface area contributed by atoms with Crippen LogP contribution in [0.1, 0.15) is 0 Å². The second-order valence-corrected chi connectivity index (χ2v) is 8.63. The topological polar surface area (TPSA) is 47.0 Å². The molecule has 1 aromatic heterocycles. The van der Waals surface area contributed by atoms with E-state index < -0.39 is 32.2 Å². The number of fused-ring (bicyclic) bond motifs is 1. The molecule has 0 N–H and O–H groups in total. The van der Waals surface area contributed by atoms with Gasteiger partial charge in [-0.15, -0.1) is 0 Å². The molecule has 0 amide bonds. The van der Waals surface area contributed by atoms with Gasteiger partial charge in [-0.1, -0.05) is 23.7 Å². The third-order valence-electron chi connectivity index (χ3n) is 4.35. The Morgan fingerprint density at radius 1 is 0.828 bits per heavy atom. The zero-order valence-corrected chi connectivity index (χ0v) is 16.1. The van der Waals surface area contributed by atoms with Crippen LogP contribution in [0, 0.1) is 17.5 Å². The standard InChI is InChI=1S/C21H11ClF3NO2S/c22-13-3-1-2-12(6-13)21-18-5-4-14(23)10-19(18)26-11-20(21)29(27,28)17-8-15(24)7-16(25)9-17/h1-11H. The summed E-state index contributed by atoms with van der Waals surface area (Å²) < 4.78 is 67.5. The molecule has 4 rings (SSSR count). The summed E-state index contributed by atoms with van der Waals surface area (Å²) in [6.45, 7) is 0. The van der Waals surface area contributed by atoms with Crippen LogP contribution in [-0.2, 0) is 9.84 Å². The lowest BCUT2D eigenvalue weighted by Crippen LogP contribution is -2.07. The van der Waals surface area contributed by atoms with Gasteiger partial charge < -0.3 is 0 Å². The number of nitrogens with zero attached hydrogens (tertiary/aromatic N) is 1. The highest BCUT2D eigenvalue weighted by Gasteiger charge is 2.26. The zero-order chi connectivity index (χ0) is 20.8. The molecule has 0 bridgehead atoms. The Labute approximate surface area is 169 Å². The van der Waals surface area contributed by atoms with Crippen molar-refractivity contribution in [2.45, 2.75) is 9.79 Å². The molecule has 146 valence electrons. The predicted octanol–water partition coefficient (Wildman–Crippen LogP) is 5.81. The highest BCUT2D eigenvalue weighted by Crippen LogP contribution is 2.37. The summed E-state index contributed by atoms with van der Waals surface area (Å²) in [7, 11) is -4.36. The average Bonchev–Trinajstić information content (AvgIpc) is 2.66. The Hall–Kier alpha value is -2.90. The number of sulfone groups is 1. The van der Waals surface area contributed by atoms with Gasteiger partial charge in [-0.25, -0.2) is 21.6 Å². The number of rotatable bonds is 3. The maximum Gasteiger partial charge on any atom is 0.208 e. The predicted molar refractivity (Wildman–Crippen MR) is 104 cm³/mol. The molecule has 0 atom stereocenters. The largest absolute Gasteiger partial charge is 0.255 e. The first-order chi connectivity index (χ1) is 13.8. The summed E-state index contributed by atoms with van der Waals surface area (Å²) in [5, 5.41) is 0.710. The molecule has 8 heteroatoms. The third-order valence-corrected chi connectivity index (χ3v) is 6.33. The fourth-order valence-corrected chi connectivity index (χ4v) is 4.77. The van der Waals surface area contributed by atoms with Crippen molar-refractivity contribution in [1.29, 1.82) is 0 Å². The molecule has 0 aliphatic carbocycles. The smallest absolute Gasteiger partial charge is 0.208 e. The van der Waals surface area contributed by atoms with Crippen LogP contribution >= 0.6 is 11.6 Å². The van der Waals surface area contributed by atoms with Crippen molar-refractivity contribution < 1.29 is 21.6 Å². The lowest BCUT2D eigenvalue weighted by Gasteiger charge is -2.14. The number of hydrogen-bond acceptors (Lipinski definition) is 3. The van der Waals surface area contributed by atoms with Crippen molar-refractivity contribution >= 4 is 32.3 Å². The van der Waals surface area contributed by atoms with Gasteiger partial charge in [0, 0.05) is 34.3 Å². The minimum Gasteiger partial charge on any atom is -0.255 e. The number of pyridine rings is 1. The number of halogens is 4. The van der Waals surface area contributed by atoms with E-state index in [1.807, 2.05) is 0 Å². The Bertz CT molecular complexity index is 1350. The van der Waals surface area contributed by atoms with Crippen LogP contribution in [0.15, 0.2) is 76.7 Å². The minimum absolute atomic E-state index is 0.210. The lowest BCUT2D eigenvalue weighted by atomic mass is 10.0. The molecule has 0 spiro atoms. The van der Waals surface area contributed by atoms with Gasteiger partial charge in [-0.05, 0) is 42.0 Å². The van der Waals surface area contributed by atoms with Gasteiger partial charge in [0.25, 0.3) is 0 Å². The molecule has 3 nitrogen and oxygen atoms in total. The molecule has 4 aromatic rings. The minimum atomic E-state index is -4.36. The van der Waals surface area contributed by atoms with Crippen LogP contribution in [0.2, 0.25) is 5.02 Å². The average molecular weight is 434 g/mol. The monoisotopic (exact) mass is 433 g/mol. The van der Waals surface area contributed by atoms with E-state index in [2.05, 4.69) is 4.98 Å². The van der Waals surface area contributed by atoms with Crippen molar-refractivity contribution in [3.05, 3.63) is 89.3 Å². The summed E-state index contributed by atoms with van der Waals surface area (Å²) in [6.07, 6.45) is 1.05. The summed E-state index contributed by atoms with van der Waals surface area (Å²) in [5.41, 5.74) is 0.874. The van der Waals surface area contributed by atoms with Crippen LogP contribution in [0.25, 0.3) is 22.0 Å². The molecule has 0 aliphatic rings. The molecule has 0 fully saturated rings. The van der Waals surface area contributed by atoms with Crippen LogP contribution in [0.3, 0.4) is 0 Å². The Morgan fingerprint density at radius 3 is 2.24 bits per heavy atom. The van der Waals surface area contributed by atoms with E-state index in [0.29, 0.717) is 22.0 Å². The molecular weight excluding hydrogens is 423 g/mol. The van der Waals surface area contributed by atoms with Crippen LogP contribution in [0.5, 0.6) is 0 Å². The Morgan fingerprint density at radius 2 is 1.55 bits per heavy atom. The molecule has 29 heavy (non-hydrogen) atoms. The van der Waals surface area contributed by atoms with Gasteiger partial charge in [-0.3, -0.25) is 4.98 Å². The number of hydrogen-bond donors (Lipinski definition) is 0. The van der Waals surface area contributed by atoms with Gasteiger partial charge in [0.15, 0.2) is 0 Å². The van der Waals surface area contributed by atoms with E-state index >= 15 is 0 Å². The zero-order valence-electron chi connectivity index (χ0n) is 14.5. The molecule has 3 aromatic carbocycles. The first-order valence-electron chi connectivity index (χ1n) is 8.31. The maximum atomic E-state index is 13.7. The van der Waals surface area contributed by atoms with E-state index in [1.54, 1.807) is 24.3 Å². The Balaban J connectivity index is 2.09. The summed E-state index contributed by atoms with van der Waals surface area (Å²) in [4.78, 5) is 3.22. The van der Waals surface area contributed by atoms with Crippen molar-refractivity contribution in [3.8, 4) is 11.1 Å². The normalized spacial score (nSPS) is 11.7. The summed E-state index contributed by atoms with van der Waals surface area (Å²) in [6, 6.07) is 12.2. The van der Waals surface area contributed by atoms with Gasteiger partial charge in [0.1, 0.15) is 17.5 Å². The van der Waals surface area contributed by atoms with Crippen LogP contribution in [0.4, 0.5) is 13.2 Å². The molecule has 0 unspecified atom stereocenters. The Kier molecular flexibility index (Phi) is 4.80. The van der Waals surface area contributed by atoms with E-state index in [9.17, 15) is 21.6 Å². The van der Waals surface area contributed by atoms with Gasteiger partial charge in [0.2, 0.25) is 9.84 Å². The first kappa shape index (κ1) is 19.4. The molecule has 0 saturated heterocycles. The fraction of sp³-hybridized carbons (Fsp3) is 0. The van der Waals surface area contributed by atoms with E-state index in [1.165, 1.54) is 18.2 Å². The molecule has 0 radical (unpaired) electrons. The fourth-order valence-electron chi connectivity index (χ4n) is 3.10. The molecule has 0 saturated carbocycles. The lowest BCUT2D eigenvalue weighted by molar-refractivity contribution is 0.567. The third kappa shape index (κ3) is 3.59. The summed E-state index contributed by atoms with van der Waals surface area (Å²) in [5.74, 6) is -2.59. The van der Waals surface area contributed by atoms with Crippen molar-refractivity contribution in [2.24, 2.45) is 0 Å². The highest BCUT2D eigenvalue weighted by atomic mass is 35.5. The molecule has 0 aliphatic heterocycles. The van der Waals surface area contributed by atoms with Gasteiger partial charge in [-0.2, -0.15) is 0 Å². The van der Waals surface area contributed by atoms with Crippen LogP contribution < -0.4 is 0 Å². The van der Waals surface area contributed by atoms with Crippen molar-refractivity contribution in [1.82, 2.24) is 4.98 Å². The first-order valence-corrected chi connectivity index (χ1v) is 10.2. The summed E-state index contributed by atoms with van der Waals surface area (Å²) >= 11 is 6.07. The van der Waals surface area contributed by atoms with Crippen molar-refractivity contribution in [3.63, 3.8) is 0 Å². The molecular formula is C21H11ClF3NO2S. The SMILES string of the molecule is O=S(=O)(c1cc(F)cc(F)c1)c1cnc2cc(F)ccc2c1-c1cccc(Cl)c1. The maximum absolute atomic E-state index is 13.7. The van der Waals surface area contributed by atoms with Gasteiger partial charge >= 0.3 is 0 Å². The quantitative estimate of drug-likeness (QED) is 0.410. The second-order valence-electron chi connectivity index (χ2n) is 6.28. The van der Waals surface area contributed by atoms with E-state index in [4.69, 9.17) is 11.6 Å². The number of benzene rings is 3. The van der Waals surface area contributed by atoms with E-state index in [-0.39, 0.29) is 16.0 Å². The van der Waals surface area contributed by atoms with E-state index in [0.717, 1.165) is 18.3 Å². The van der Waals surface area contributed by atoms with Crippen molar-refractivity contribution in [2.75, 3.05) is 0 Å². The highest BCUT2D eigenvalue weighted by molar-refractivity contribution is 7.91. The second kappa shape index (κ2) is 7.17. The number of aromatic nitrogens is 1.